The average molecular weight is 266 g/mol. The fourth-order valence-corrected chi connectivity index (χ4v) is 3.70. The van der Waals surface area contributed by atoms with E-state index in [4.69, 9.17) is 14.9 Å². The molecular formula is C10H21NO5P+. The molecule has 1 aliphatic carbocycles. The van der Waals surface area contributed by atoms with Crippen molar-refractivity contribution in [1.29, 1.82) is 0 Å². The highest BCUT2D eigenvalue weighted by atomic mass is 31.2. The minimum atomic E-state index is -4.00. The Bertz CT molecular complexity index is 329. The van der Waals surface area contributed by atoms with Crippen LogP contribution in [0.25, 0.3) is 0 Å². The largest absolute Gasteiger partial charge is 0.477 e. The lowest BCUT2D eigenvalue weighted by Crippen LogP contribution is -2.69. The van der Waals surface area contributed by atoms with Crippen molar-refractivity contribution in [3.05, 3.63) is 0 Å². The first kappa shape index (κ1) is 14.6. The molecule has 0 aliphatic heterocycles. The summed E-state index contributed by atoms with van der Waals surface area (Å²) in [6, 6.07) is -0.690. The second-order valence-electron chi connectivity index (χ2n) is 5.11. The van der Waals surface area contributed by atoms with Gasteiger partial charge in [0.05, 0.1) is 6.16 Å². The van der Waals surface area contributed by atoms with Crippen molar-refractivity contribution in [3.63, 3.8) is 0 Å². The molecule has 1 aliphatic rings. The Morgan fingerprint density at radius 2 is 2.06 bits per heavy atom. The van der Waals surface area contributed by atoms with E-state index in [2.05, 4.69) is 5.73 Å². The van der Waals surface area contributed by atoms with Crippen molar-refractivity contribution >= 4 is 13.6 Å². The quantitative estimate of drug-likeness (QED) is 0.530. The summed E-state index contributed by atoms with van der Waals surface area (Å²) in [4.78, 5) is 28.8. The SMILES string of the molecule is C[C@@H]1CCC(CP(=O)(O)O)C[C@@H]1[C@@H]([NH3+])C(=O)O. The Kier molecular flexibility index (Phi) is 4.72. The summed E-state index contributed by atoms with van der Waals surface area (Å²) < 4.78 is 11.0. The van der Waals surface area contributed by atoms with Gasteiger partial charge >= 0.3 is 13.6 Å². The molecule has 1 rings (SSSR count). The third-order valence-electron chi connectivity index (χ3n) is 3.70. The van der Waals surface area contributed by atoms with Crippen molar-refractivity contribution in [2.24, 2.45) is 17.8 Å². The summed E-state index contributed by atoms with van der Waals surface area (Å²) in [6.07, 6.45) is 1.99. The fourth-order valence-electron chi connectivity index (χ4n) is 2.69. The highest BCUT2D eigenvalue weighted by Gasteiger charge is 2.38. The molecule has 1 saturated carbocycles. The van der Waals surface area contributed by atoms with Crippen molar-refractivity contribution in [2.75, 3.05) is 6.16 Å². The van der Waals surface area contributed by atoms with Gasteiger partial charge in [-0.2, -0.15) is 0 Å². The lowest BCUT2D eigenvalue weighted by molar-refractivity contribution is -0.424. The first-order chi connectivity index (χ1) is 7.70. The summed E-state index contributed by atoms with van der Waals surface area (Å²) in [6.45, 7) is 1.99. The van der Waals surface area contributed by atoms with E-state index >= 15 is 0 Å². The minimum absolute atomic E-state index is 0.0827. The topological polar surface area (TPSA) is 122 Å². The molecule has 0 saturated heterocycles. The van der Waals surface area contributed by atoms with Crippen LogP contribution in [0.3, 0.4) is 0 Å². The van der Waals surface area contributed by atoms with Gasteiger partial charge in [-0.3, -0.25) is 4.57 Å². The molecule has 0 aromatic carbocycles. The zero-order chi connectivity index (χ0) is 13.2. The predicted octanol–water partition coefficient (Wildman–Crippen LogP) is -0.0884. The Labute approximate surface area is 100 Å². The normalized spacial score (nSPS) is 32.1. The highest BCUT2D eigenvalue weighted by molar-refractivity contribution is 7.51. The maximum atomic E-state index is 11.0. The summed E-state index contributed by atoms with van der Waals surface area (Å²) in [5.41, 5.74) is 3.65. The van der Waals surface area contributed by atoms with Crippen LogP contribution >= 0.6 is 7.60 Å². The summed E-state index contributed by atoms with van der Waals surface area (Å²) in [7, 11) is -4.00. The maximum Gasteiger partial charge on any atom is 0.362 e. The smallest absolute Gasteiger partial charge is 0.362 e. The van der Waals surface area contributed by atoms with E-state index in [1.165, 1.54) is 0 Å². The van der Waals surface area contributed by atoms with E-state index in [1.54, 1.807) is 0 Å². The molecule has 0 heterocycles. The summed E-state index contributed by atoms with van der Waals surface area (Å²) in [5, 5.41) is 8.95. The molecule has 100 valence electrons. The van der Waals surface area contributed by atoms with Crippen molar-refractivity contribution in [2.45, 2.75) is 32.2 Å². The monoisotopic (exact) mass is 266 g/mol. The zero-order valence-corrected chi connectivity index (χ0v) is 10.8. The zero-order valence-electron chi connectivity index (χ0n) is 9.95. The van der Waals surface area contributed by atoms with Gasteiger partial charge < -0.3 is 20.6 Å². The van der Waals surface area contributed by atoms with Crippen LogP contribution in [0.2, 0.25) is 0 Å². The molecule has 1 fully saturated rings. The summed E-state index contributed by atoms with van der Waals surface area (Å²) in [5.74, 6) is -0.848. The van der Waals surface area contributed by atoms with Crippen LogP contribution in [0.15, 0.2) is 0 Å². The van der Waals surface area contributed by atoms with Crippen LogP contribution in [0, 0.1) is 17.8 Å². The van der Waals surface area contributed by atoms with Crippen molar-refractivity contribution < 1.29 is 30.0 Å². The van der Waals surface area contributed by atoms with E-state index in [1.807, 2.05) is 6.92 Å². The van der Waals surface area contributed by atoms with Gasteiger partial charge in [-0.05, 0) is 31.1 Å². The Balaban J connectivity index is 2.65. The van der Waals surface area contributed by atoms with Gasteiger partial charge in [-0.1, -0.05) is 6.92 Å². The first-order valence-corrected chi connectivity index (χ1v) is 7.61. The van der Waals surface area contributed by atoms with Gasteiger partial charge in [0.25, 0.3) is 0 Å². The molecule has 0 amide bonds. The van der Waals surface area contributed by atoms with Crippen LogP contribution in [0.1, 0.15) is 26.2 Å². The number of rotatable bonds is 4. The Hall–Kier alpha value is -0.420. The number of carboxylic acids is 1. The summed E-state index contributed by atoms with van der Waals surface area (Å²) >= 11 is 0. The minimum Gasteiger partial charge on any atom is -0.477 e. The van der Waals surface area contributed by atoms with Gasteiger partial charge in [0, 0.05) is 5.92 Å². The van der Waals surface area contributed by atoms with E-state index in [-0.39, 0.29) is 23.9 Å². The van der Waals surface area contributed by atoms with Gasteiger partial charge in [-0.15, -0.1) is 0 Å². The molecule has 0 aromatic rings. The molecule has 4 atom stereocenters. The van der Waals surface area contributed by atoms with Crippen LogP contribution in [0.4, 0.5) is 0 Å². The van der Waals surface area contributed by atoms with Crippen molar-refractivity contribution in [1.82, 2.24) is 0 Å². The third kappa shape index (κ3) is 4.39. The van der Waals surface area contributed by atoms with E-state index < -0.39 is 19.6 Å². The molecule has 1 unspecified atom stereocenters. The lowest BCUT2D eigenvalue weighted by atomic mass is 9.72. The number of carboxylic acid groups (broad SMARTS) is 1. The Morgan fingerprint density at radius 1 is 1.47 bits per heavy atom. The lowest BCUT2D eigenvalue weighted by Gasteiger charge is -2.34. The van der Waals surface area contributed by atoms with Crippen LogP contribution in [-0.4, -0.2) is 33.1 Å². The van der Waals surface area contributed by atoms with Gasteiger partial charge in [0.1, 0.15) is 0 Å². The standard InChI is InChI=1S/C10H20NO5P/c1-6-2-3-7(5-17(14,15)16)4-8(6)9(11)10(12)13/h6-9H,2-5,11H2,1H3,(H,12,13)(H2,14,15,16)/p+1/t6-,7?,8+,9-/m1/s1. The maximum absolute atomic E-state index is 11.0. The first-order valence-electron chi connectivity index (χ1n) is 5.81. The fraction of sp³-hybridized carbons (Fsp3) is 0.900. The van der Waals surface area contributed by atoms with E-state index in [9.17, 15) is 9.36 Å². The van der Waals surface area contributed by atoms with Crippen LogP contribution < -0.4 is 5.73 Å². The molecule has 0 radical (unpaired) electrons. The molecule has 6 nitrogen and oxygen atoms in total. The Morgan fingerprint density at radius 3 is 2.53 bits per heavy atom. The molecule has 7 heteroatoms. The molecule has 6 N–H and O–H groups in total. The van der Waals surface area contributed by atoms with E-state index in [0.29, 0.717) is 6.42 Å². The second-order valence-corrected chi connectivity index (χ2v) is 6.81. The molecular weight excluding hydrogens is 245 g/mol. The van der Waals surface area contributed by atoms with Gasteiger partial charge in [0.15, 0.2) is 6.04 Å². The van der Waals surface area contributed by atoms with Crippen molar-refractivity contribution in [3.8, 4) is 0 Å². The number of aliphatic carboxylic acids is 1. The average Bonchev–Trinajstić information content (AvgIpc) is 2.17. The van der Waals surface area contributed by atoms with Gasteiger partial charge in [0.2, 0.25) is 0 Å². The van der Waals surface area contributed by atoms with Crippen LogP contribution in [0.5, 0.6) is 0 Å². The number of hydrogen-bond donors (Lipinski definition) is 4. The number of quaternary nitrogens is 1. The van der Waals surface area contributed by atoms with E-state index in [0.717, 1.165) is 12.8 Å². The number of carbonyl (C=O) groups is 1. The highest BCUT2D eigenvalue weighted by Crippen LogP contribution is 2.44. The predicted molar refractivity (Wildman–Crippen MR) is 61.2 cm³/mol. The molecule has 17 heavy (non-hydrogen) atoms. The molecule has 0 spiro atoms. The van der Waals surface area contributed by atoms with Gasteiger partial charge in [-0.25, -0.2) is 4.79 Å². The second kappa shape index (κ2) is 5.48. The number of hydrogen-bond acceptors (Lipinski definition) is 2. The third-order valence-corrected chi connectivity index (χ3v) is 4.69. The molecule has 0 aromatic heterocycles. The molecule has 0 bridgehead atoms. The van der Waals surface area contributed by atoms with Crippen LogP contribution in [-0.2, 0) is 9.36 Å².